The highest BCUT2D eigenvalue weighted by Gasteiger charge is 2.38. The number of nitrogens with one attached hydrogen (secondary N) is 2. The molecule has 0 radical (unpaired) electrons. The number of para-hydroxylation sites is 2. The molecule has 12 heteroatoms. The molecule has 0 saturated heterocycles. The van der Waals surface area contributed by atoms with Crippen molar-refractivity contribution in [2.75, 3.05) is 10.6 Å². The third kappa shape index (κ3) is 6.93. The number of primary amides is 1. The number of alkyl halides is 3. The fraction of sp³-hybridized carbons (Fsp3) is 0.0625. The smallest absolute Gasteiger partial charge is 0.475 e. The van der Waals surface area contributed by atoms with Crippen molar-refractivity contribution in [1.29, 1.82) is 0 Å². The van der Waals surface area contributed by atoms with Crippen LogP contribution < -0.4 is 16.4 Å². The number of amides is 1. The lowest BCUT2D eigenvalue weighted by atomic mass is 10.1. The number of nitrogens with two attached hydrogens (primary N) is 1. The predicted molar refractivity (Wildman–Crippen MR) is 160 cm³/mol. The Bertz CT molecular complexity index is 1970. The molecule has 0 aliphatic rings. The maximum atomic E-state index is 11.4. The summed E-state index contributed by atoms with van der Waals surface area (Å²) in [6, 6.07) is 31.2. The van der Waals surface area contributed by atoms with Gasteiger partial charge in [-0.15, -0.1) is 0 Å². The van der Waals surface area contributed by atoms with Crippen molar-refractivity contribution in [3.8, 4) is 11.3 Å². The summed E-state index contributed by atoms with van der Waals surface area (Å²) in [6.07, 6.45) is -3.53. The third-order valence-electron chi connectivity index (χ3n) is 6.43. The van der Waals surface area contributed by atoms with Gasteiger partial charge in [0.15, 0.2) is 0 Å². The molecule has 0 spiro atoms. The fourth-order valence-corrected chi connectivity index (χ4v) is 4.42. The van der Waals surface area contributed by atoms with E-state index in [1.54, 1.807) is 18.5 Å². The zero-order chi connectivity index (χ0) is 31.3. The van der Waals surface area contributed by atoms with Gasteiger partial charge in [0, 0.05) is 45.9 Å². The van der Waals surface area contributed by atoms with Crippen LogP contribution >= 0.6 is 0 Å². The molecule has 0 aliphatic heterocycles. The summed E-state index contributed by atoms with van der Waals surface area (Å²) < 4.78 is 37.9. The number of anilines is 3. The number of carbonyl (C=O) groups excluding carboxylic acids is 1. The van der Waals surface area contributed by atoms with Crippen LogP contribution in [0.4, 0.5) is 30.4 Å². The molecule has 0 atom stereocenters. The highest BCUT2D eigenvalue weighted by molar-refractivity contribution is 6.09. The second-order valence-corrected chi connectivity index (χ2v) is 9.50. The van der Waals surface area contributed by atoms with Crippen LogP contribution in [-0.4, -0.2) is 33.1 Å². The molecule has 4 aromatic carbocycles. The van der Waals surface area contributed by atoms with E-state index in [-0.39, 0.29) is 0 Å². The van der Waals surface area contributed by atoms with Crippen molar-refractivity contribution in [3.63, 3.8) is 0 Å². The first kappa shape index (κ1) is 29.6. The summed E-state index contributed by atoms with van der Waals surface area (Å²) in [5.41, 5.74) is 12.0. The summed E-state index contributed by atoms with van der Waals surface area (Å²) in [7, 11) is 0. The number of carbonyl (C=O) groups is 2. The van der Waals surface area contributed by atoms with Gasteiger partial charge in [-0.25, -0.2) is 14.8 Å². The summed E-state index contributed by atoms with van der Waals surface area (Å²) in [6.45, 7) is 0.559. The number of aromatic nitrogens is 2. The minimum atomic E-state index is -5.08. The SMILES string of the molecule is NC(=O)c1cccc(CNc2cccc(Nc3cc(-c4cccc5c4oc4ccccc45)ncn3)c2)c1.O=C(O)C(F)(F)F. The van der Waals surface area contributed by atoms with E-state index in [9.17, 15) is 18.0 Å². The van der Waals surface area contributed by atoms with Gasteiger partial charge in [0.05, 0.1) is 5.69 Å². The van der Waals surface area contributed by atoms with E-state index in [0.717, 1.165) is 50.1 Å². The van der Waals surface area contributed by atoms with Gasteiger partial charge in [-0.1, -0.05) is 48.5 Å². The van der Waals surface area contributed by atoms with Crippen LogP contribution in [0.15, 0.2) is 108 Å². The van der Waals surface area contributed by atoms with Gasteiger partial charge < -0.3 is 25.9 Å². The lowest BCUT2D eigenvalue weighted by molar-refractivity contribution is -0.192. The molecule has 0 bridgehead atoms. The third-order valence-corrected chi connectivity index (χ3v) is 6.43. The second-order valence-electron chi connectivity index (χ2n) is 9.50. The number of furan rings is 1. The van der Waals surface area contributed by atoms with Crippen LogP contribution in [0.5, 0.6) is 0 Å². The Morgan fingerprint density at radius 2 is 1.55 bits per heavy atom. The van der Waals surface area contributed by atoms with E-state index in [1.165, 1.54) is 0 Å². The van der Waals surface area contributed by atoms with E-state index >= 15 is 0 Å². The summed E-state index contributed by atoms with van der Waals surface area (Å²) in [5, 5.41) is 16.0. The Kier molecular flexibility index (Phi) is 8.42. The van der Waals surface area contributed by atoms with Crippen molar-refractivity contribution < 1.29 is 32.3 Å². The van der Waals surface area contributed by atoms with Crippen LogP contribution in [0.1, 0.15) is 15.9 Å². The maximum absolute atomic E-state index is 11.4. The summed E-state index contributed by atoms with van der Waals surface area (Å²) >= 11 is 0. The Morgan fingerprint density at radius 1 is 0.841 bits per heavy atom. The number of rotatable bonds is 7. The van der Waals surface area contributed by atoms with Gasteiger partial charge >= 0.3 is 12.1 Å². The van der Waals surface area contributed by atoms with Crippen molar-refractivity contribution in [2.45, 2.75) is 12.7 Å². The normalized spacial score (nSPS) is 11.1. The number of carboxylic acids is 1. The number of nitrogens with zero attached hydrogens (tertiary/aromatic N) is 2. The molecule has 0 unspecified atom stereocenters. The van der Waals surface area contributed by atoms with Gasteiger partial charge in [-0.2, -0.15) is 13.2 Å². The Balaban J connectivity index is 0.000000493. The van der Waals surface area contributed by atoms with Crippen LogP contribution in [-0.2, 0) is 11.3 Å². The number of aliphatic carboxylic acids is 1. The molecular formula is C32H24F3N5O4. The molecule has 9 nitrogen and oxygen atoms in total. The Labute approximate surface area is 248 Å². The van der Waals surface area contributed by atoms with Gasteiger partial charge in [-0.05, 0) is 48.0 Å². The van der Waals surface area contributed by atoms with Crippen molar-refractivity contribution in [2.24, 2.45) is 5.73 Å². The van der Waals surface area contributed by atoms with Crippen LogP contribution in [0, 0.1) is 0 Å². The second kappa shape index (κ2) is 12.5. The molecule has 0 fully saturated rings. The lowest BCUT2D eigenvalue weighted by Crippen LogP contribution is -2.21. The highest BCUT2D eigenvalue weighted by atomic mass is 19.4. The molecule has 0 saturated carbocycles. The topological polar surface area (TPSA) is 143 Å². The van der Waals surface area contributed by atoms with E-state index in [1.807, 2.05) is 72.8 Å². The number of hydrogen-bond acceptors (Lipinski definition) is 7. The quantitative estimate of drug-likeness (QED) is 0.152. The highest BCUT2D eigenvalue weighted by Crippen LogP contribution is 2.35. The predicted octanol–water partition coefficient (Wildman–Crippen LogP) is 7.13. The minimum Gasteiger partial charge on any atom is -0.475 e. The first-order chi connectivity index (χ1) is 21.1. The number of carboxylic acid groups (broad SMARTS) is 1. The van der Waals surface area contributed by atoms with Crippen LogP contribution in [0.2, 0.25) is 0 Å². The summed E-state index contributed by atoms with van der Waals surface area (Å²) in [4.78, 5) is 29.3. The van der Waals surface area contributed by atoms with E-state index in [2.05, 4.69) is 32.7 Å². The van der Waals surface area contributed by atoms with Gasteiger partial charge in [0.25, 0.3) is 0 Å². The number of halogens is 3. The number of benzene rings is 4. The molecule has 6 rings (SSSR count). The minimum absolute atomic E-state index is 0.436. The van der Waals surface area contributed by atoms with E-state index in [4.69, 9.17) is 20.1 Å². The standard InChI is InChI=1S/C30H23N5O2.C2HF3O2/c31-30(36)20-7-3-6-19(14-20)17-32-21-8-4-9-22(15-21)35-28-16-26(33-18-34-28)25-12-5-11-24-23-10-1-2-13-27(23)37-29(24)25;3-2(4,5)1(6)7/h1-16,18,32H,17H2,(H2,31,36)(H,33,34,35);(H,6,7). The molecule has 0 aliphatic carbocycles. The van der Waals surface area contributed by atoms with E-state index in [0.29, 0.717) is 17.9 Å². The monoisotopic (exact) mass is 599 g/mol. The average Bonchev–Trinajstić information content (AvgIpc) is 3.39. The Hall–Kier alpha value is -5.91. The Morgan fingerprint density at radius 3 is 2.32 bits per heavy atom. The van der Waals surface area contributed by atoms with Gasteiger partial charge in [0.1, 0.15) is 23.3 Å². The molecule has 2 aromatic heterocycles. The van der Waals surface area contributed by atoms with Crippen LogP contribution in [0.3, 0.4) is 0 Å². The lowest BCUT2D eigenvalue weighted by Gasteiger charge is -2.11. The number of fused-ring (bicyclic) bond motifs is 3. The first-order valence-electron chi connectivity index (χ1n) is 13.1. The number of hydrogen-bond donors (Lipinski definition) is 4. The summed E-state index contributed by atoms with van der Waals surface area (Å²) in [5.74, 6) is -2.52. The first-order valence-corrected chi connectivity index (χ1v) is 13.1. The molecular weight excluding hydrogens is 575 g/mol. The molecule has 222 valence electrons. The molecule has 2 heterocycles. The van der Waals surface area contributed by atoms with Crippen molar-refractivity contribution in [1.82, 2.24) is 9.97 Å². The molecule has 6 aromatic rings. The van der Waals surface area contributed by atoms with Crippen LogP contribution in [0.25, 0.3) is 33.2 Å². The van der Waals surface area contributed by atoms with Gasteiger partial charge in [0.2, 0.25) is 5.91 Å². The molecule has 44 heavy (non-hydrogen) atoms. The largest absolute Gasteiger partial charge is 0.490 e. The van der Waals surface area contributed by atoms with Crippen molar-refractivity contribution in [3.05, 3.63) is 115 Å². The fourth-order valence-electron chi connectivity index (χ4n) is 4.42. The molecule has 5 N–H and O–H groups in total. The maximum Gasteiger partial charge on any atom is 0.490 e. The van der Waals surface area contributed by atoms with Gasteiger partial charge in [-0.3, -0.25) is 4.79 Å². The zero-order valence-electron chi connectivity index (χ0n) is 22.8. The average molecular weight is 600 g/mol. The molecule has 1 amide bonds. The zero-order valence-corrected chi connectivity index (χ0v) is 22.8. The van der Waals surface area contributed by atoms with E-state index < -0.39 is 18.1 Å². The van der Waals surface area contributed by atoms with Crippen molar-refractivity contribution >= 4 is 51.0 Å².